The Morgan fingerprint density at radius 1 is 1.00 bits per heavy atom. The van der Waals surface area contributed by atoms with Crippen LogP contribution in [0.3, 0.4) is 0 Å². The van der Waals surface area contributed by atoms with E-state index in [0.717, 1.165) is 6.04 Å². The second-order valence-corrected chi connectivity index (χ2v) is 7.15. The van der Waals surface area contributed by atoms with Gasteiger partial charge in [0, 0.05) is 19.1 Å². The lowest BCUT2D eigenvalue weighted by Gasteiger charge is -2.35. The summed E-state index contributed by atoms with van der Waals surface area (Å²) in [6, 6.07) is 0.796. The van der Waals surface area contributed by atoms with Crippen molar-refractivity contribution < 1.29 is 0 Å². The summed E-state index contributed by atoms with van der Waals surface area (Å²) in [4.78, 5) is 2.66. The van der Waals surface area contributed by atoms with Gasteiger partial charge in [-0.15, -0.1) is 0 Å². The van der Waals surface area contributed by atoms with Gasteiger partial charge in [0.2, 0.25) is 0 Å². The lowest BCUT2D eigenvalue weighted by atomic mass is 9.75. The van der Waals surface area contributed by atoms with E-state index < -0.39 is 0 Å². The van der Waals surface area contributed by atoms with Gasteiger partial charge < -0.3 is 10.2 Å². The summed E-state index contributed by atoms with van der Waals surface area (Å²) in [6.07, 6.45) is 11.3. The van der Waals surface area contributed by atoms with E-state index in [2.05, 4.69) is 24.1 Å². The van der Waals surface area contributed by atoms with Crippen LogP contribution in [0.1, 0.15) is 65.2 Å². The zero-order chi connectivity index (χ0) is 12.8. The molecule has 1 saturated carbocycles. The monoisotopic (exact) mass is 252 g/mol. The molecule has 0 unspecified atom stereocenters. The number of rotatable bonds is 4. The van der Waals surface area contributed by atoms with Crippen LogP contribution in [-0.2, 0) is 0 Å². The van der Waals surface area contributed by atoms with Crippen LogP contribution in [-0.4, -0.2) is 37.1 Å². The van der Waals surface area contributed by atoms with Crippen molar-refractivity contribution in [3.8, 4) is 0 Å². The summed E-state index contributed by atoms with van der Waals surface area (Å²) in [5.41, 5.74) is 0.600. The third-order valence-electron chi connectivity index (χ3n) is 4.90. The molecule has 2 aliphatic rings. The SMILES string of the molecule is CC1(C)CCC(NCCN2CCCCCC2)CC1. The zero-order valence-corrected chi connectivity index (χ0v) is 12.5. The number of hydrogen-bond acceptors (Lipinski definition) is 2. The van der Waals surface area contributed by atoms with Gasteiger partial charge in [0.15, 0.2) is 0 Å². The first-order chi connectivity index (χ1) is 8.66. The quantitative estimate of drug-likeness (QED) is 0.825. The van der Waals surface area contributed by atoms with E-state index in [1.54, 1.807) is 0 Å². The molecule has 18 heavy (non-hydrogen) atoms. The molecule has 2 heteroatoms. The van der Waals surface area contributed by atoms with Crippen molar-refractivity contribution >= 4 is 0 Å². The highest BCUT2D eigenvalue weighted by Gasteiger charge is 2.26. The molecule has 0 atom stereocenters. The van der Waals surface area contributed by atoms with Crippen molar-refractivity contribution in [3.63, 3.8) is 0 Å². The summed E-state index contributed by atoms with van der Waals surface area (Å²) in [7, 11) is 0. The van der Waals surface area contributed by atoms with E-state index in [9.17, 15) is 0 Å². The number of nitrogens with one attached hydrogen (secondary N) is 1. The Morgan fingerprint density at radius 2 is 1.61 bits per heavy atom. The van der Waals surface area contributed by atoms with Crippen LogP contribution >= 0.6 is 0 Å². The van der Waals surface area contributed by atoms with Crippen LogP contribution in [0.15, 0.2) is 0 Å². The average Bonchev–Trinajstić information content (AvgIpc) is 2.60. The molecular formula is C16H32N2. The van der Waals surface area contributed by atoms with Gasteiger partial charge in [-0.1, -0.05) is 26.7 Å². The fraction of sp³-hybridized carbons (Fsp3) is 1.00. The molecule has 0 amide bonds. The predicted molar refractivity (Wildman–Crippen MR) is 78.9 cm³/mol. The third-order valence-corrected chi connectivity index (χ3v) is 4.90. The second-order valence-electron chi connectivity index (χ2n) is 7.15. The fourth-order valence-corrected chi connectivity index (χ4v) is 3.39. The molecule has 1 aliphatic carbocycles. The molecule has 0 bridgehead atoms. The molecule has 0 aromatic carbocycles. The number of nitrogens with zero attached hydrogens (tertiary/aromatic N) is 1. The summed E-state index contributed by atoms with van der Waals surface area (Å²) in [5, 5.41) is 3.79. The van der Waals surface area contributed by atoms with Gasteiger partial charge >= 0.3 is 0 Å². The van der Waals surface area contributed by atoms with Crippen molar-refractivity contribution in [2.75, 3.05) is 26.2 Å². The van der Waals surface area contributed by atoms with Crippen molar-refractivity contribution in [3.05, 3.63) is 0 Å². The molecule has 2 fully saturated rings. The molecule has 0 spiro atoms. The highest BCUT2D eigenvalue weighted by Crippen LogP contribution is 2.34. The van der Waals surface area contributed by atoms with Crippen LogP contribution in [0.5, 0.6) is 0 Å². The maximum Gasteiger partial charge on any atom is 0.0107 e. The number of hydrogen-bond donors (Lipinski definition) is 1. The molecule has 2 nitrogen and oxygen atoms in total. The van der Waals surface area contributed by atoms with E-state index in [1.807, 2.05) is 0 Å². The van der Waals surface area contributed by atoms with Crippen LogP contribution in [0.25, 0.3) is 0 Å². The second kappa shape index (κ2) is 6.91. The summed E-state index contributed by atoms with van der Waals surface area (Å²) in [6.45, 7) is 9.96. The van der Waals surface area contributed by atoms with Gasteiger partial charge in [0.1, 0.15) is 0 Å². The zero-order valence-electron chi connectivity index (χ0n) is 12.5. The minimum atomic E-state index is 0.600. The molecular weight excluding hydrogens is 220 g/mol. The van der Waals surface area contributed by atoms with E-state index in [-0.39, 0.29) is 0 Å². The fourth-order valence-electron chi connectivity index (χ4n) is 3.39. The normalized spacial score (nSPS) is 27.0. The van der Waals surface area contributed by atoms with E-state index in [4.69, 9.17) is 0 Å². The van der Waals surface area contributed by atoms with Gasteiger partial charge in [0.25, 0.3) is 0 Å². The minimum absolute atomic E-state index is 0.600. The van der Waals surface area contributed by atoms with E-state index in [1.165, 1.54) is 77.5 Å². The van der Waals surface area contributed by atoms with Gasteiger partial charge in [-0.25, -0.2) is 0 Å². The highest BCUT2D eigenvalue weighted by atomic mass is 15.1. The first kappa shape index (κ1) is 14.3. The Hall–Kier alpha value is -0.0800. The molecule has 0 aromatic heterocycles. The van der Waals surface area contributed by atoms with Crippen molar-refractivity contribution in [2.24, 2.45) is 5.41 Å². The molecule has 1 saturated heterocycles. The predicted octanol–water partition coefficient (Wildman–Crippen LogP) is 3.42. The lowest BCUT2D eigenvalue weighted by molar-refractivity contribution is 0.200. The summed E-state index contributed by atoms with van der Waals surface area (Å²) in [5.74, 6) is 0. The van der Waals surface area contributed by atoms with Gasteiger partial charge in [0.05, 0.1) is 0 Å². The highest BCUT2D eigenvalue weighted by molar-refractivity contribution is 4.82. The van der Waals surface area contributed by atoms with Gasteiger partial charge in [-0.2, -0.15) is 0 Å². The molecule has 1 N–H and O–H groups in total. The summed E-state index contributed by atoms with van der Waals surface area (Å²) < 4.78 is 0. The van der Waals surface area contributed by atoms with Crippen molar-refractivity contribution in [2.45, 2.75) is 71.3 Å². The molecule has 0 radical (unpaired) electrons. The standard InChI is InChI=1S/C16H32N2/c1-16(2)9-7-15(8-10-16)17-11-14-18-12-5-3-4-6-13-18/h15,17H,3-14H2,1-2H3. The van der Waals surface area contributed by atoms with Crippen LogP contribution in [0.4, 0.5) is 0 Å². The van der Waals surface area contributed by atoms with E-state index >= 15 is 0 Å². The van der Waals surface area contributed by atoms with Gasteiger partial charge in [-0.05, 0) is 57.0 Å². The molecule has 1 heterocycles. The maximum absolute atomic E-state index is 3.79. The Bertz CT molecular complexity index is 219. The molecule has 106 valence electrons. The first-order valence-electron chi connectivity index (χ1n) is 8.11. The van der Waals surface area contributed by atoms with E-state index in [0.29, 0.717) is 5.41 Å². The lowest BCUT2D eigenvalue weighted by Crippen LogP contribution is -2.40. The molecule has 0 aromatic rings. The van der Waals surface area contributed by atoms with Gasteiger partial charge in [-0.3, -0.25) is 0 Å². The van der Waals surface area contributed by atoms with Crippen LogP contribution < -0.4 is 5.32 Å². The Kier molecular flexibility index (Phi) is 5.50. The Balaban J connectivity index is 1.58. The van der Waals surface area contributed by atoms with Crippen molar-refractivity contribution in [1.82, 2.24) is 10.2 Å². The molecule has 2 rings (SSSR count). The third kappa shape index (κ3) is 4.89. The Morgan fingerprint density at radius 3 is 2.22 bits per heavy atom. The smallest absolute Gasteiger partial charge is 0.0107 e. The number of likely N-dealkylation sites (tertiary alicyclic amines) is 1. The van der Waals surface area contributed by atoms with Crippen LogP contribution in [0.2, 0.25) is 0 Å². The van der Waals surface area contributed by atoms with Crippen molar-refractivity contribution in [1.29, 1.82) is 0 Å². The topological polar surface area (TPSA) is 15.3 Å². The molecule has 1 aliphatic heterocycles. The largest absolute Gasteiger partial charge is 0.313 e. The average molecular weight is 252 g/mol. The first-order valence-corrected chi connectivity index (χ1v) is 8.11. The Labute approximate surface area is 114 Å². The maximum atomic E-state index is 3.79. The summed E-state index contributed by atoms with van der Waals surface area (Å²) >= 11 is 0. The minimum Gasteiger partial charge on any atom is -0.313 e. The van der Waals surface area contributed by atoms with Crippen LogP contribution in [0, 0.1) is 5.41 Å².